The molecule has 0 aromatic carbocycles. The van der Waals surface area contributed by atoms with Gasteiger partial charge in [0.15, 0.2) is 6.10 Å². The van der Waals surface area contributed by atoms with Crippen molar-refractivity contribution < 1.29 is 28.6 Å². The molecule has 0 amide bonds. The smallest absolute Gasteiger partial charge is 0.306 e. The first-order valence-corrected chi connectivity index (χ1v) is 34.1. The van der Waals surface area contributed by atoms with E-state index >= 15 is 0 Å². The largest absolute Gasteiger partial charge is 0.462 e. The highest BCUT2D eigenvalue weighted by Gasteiger charge is 2.19. The molecule has 0 bridgehead atoms. The number of hydrogen-bond donors (Lipinski definition) is 0. The molecule has 450 valence electrons. The van der Waals surface area contributed by atoms with Crippen LogP contribution in [0.15, 0.2) is 48.6 Å². The quantitative estimate of drug-likeness (QED) is 0.0261. The average Bonchev–Trinajstić information content (AvgIpc) is 3.43. The van der Waals surface area contributed by atoms with Crippen LogP contribution < -0.4 is 0 Å². The summed E-state index contributed by atoms with van der Waals surface area (Å²) in [5.74, 6) is -0.872. The Bertz CT molecular complexity index is 1330. The Morgan fingerprint density at radius 2 is 0.468 bits per heavy atom. The number of unbranched alkanes of at least 4 members (excludes halogenated alkanes) is 44. The third-order valence-electron chi connectivity index (χ3n) is 15.3. The Hall–Kier alpha value is -2.63. The summed E-state index contributed by atoms with van der Waals surface area (Å²) in [6, 6.07) is 0. The van der Waals surface area contributed by atoms with Gasteiger partial charge in [0.25, 0.3) is 0 Å². The van der Waals surface area contributed by atoms with Gasteiger partial charge >= 0.3 is 17.9 Å². The van der Waals surface area contributed by atoms with Crippen molar-refractivity contribution in [3.63, 3.8) is 0 Å². The molecule has 0 aliphatic rings. The fraction of sp³-hybridized carbons (Fsp3) is 0.845. The molecule has 0 rings (SSSR count). The van der Waals surface area contributed by atoms with Crippen molar-refractivity contribution in [3.8, 4) is 0 Å². The molecule has 0 radical (unpaired) electrons. The molecule has 6 heteroatoms. The third-order valence-corrected chi connectivity index (χ3v) is 15.3. The Labute approximate surface area is 479 Å². The molecule has 0 aromatic heterocycles. The van der Waals surface area contributed by atoms with Crippen LogP contribution in [0.2, 0.25) is 0 Å². The zero-order valence-corrected chi connectivity index (χ0v) is 51.7. The minimum atomic E-state index is -0.780. The van der Waals surface area contributed by atoms with Crippen LogP contribution in [-0.2, 0) is 28.6 Å². The molecule has 0 saturated carbocycles. The summed E-state index contributed by atoms with van der Waals surface area (Å²) in [5.41, 5.74) is 0. The van der Waals surface area contributed by atoms with Crippen molar-refractivity contribution in [2.75, 3.05) is 13.2 Å². The molecular weight excluding hydrogens is 949 g/mol. The molecule has 6 nitrogen and oxygen atoms in total. The van der Waals surface area contributed by atoms with Crippen LogP contribution in [0.5, 0.6) is 0 Å². The maximum Gasteiger partial charge on any atom is 0.306 e. The van der Waals surface area contributed by atoms with Crippen molar-refractivity contribution in [2.24, 2.45) is 0 Å². The molecule has 0 saturated heterocycles. The van der Waals surface area contributed by atoms with E-state index in [9.17, 15) is 14.4 Å². The van der Waals surface area contributed by atoms with Crippen molar-refractivity contribution in [3.05, 3.63) is 48.6 Å². The van der Waals surface area contributed by atoms with E-state index in [4.69, 9.17) is 14.2 Å². The van der Waals surface area contributed by atoms with E-state index in [1.165, 1.54) is 250 Å². The second kappa shape index (κ2) is 65.9. The van der Waals surface area contributed by atoms with Crippen LogP contribution in [0.1, 0.15) is 367 Å². The number of rotatable bonds is 63. The summed E-state index contributed by atoms with van der Waals surface area (Å²) in [6.07, 6.45) is 82.8. The molecule has 77 heavy (non-hydrogen) atoms. The zero-order chi connectivity index (χ0) is 55.7. The molecule has 0 spiro atoms. The van der Waals surface area contributed by atoms with Crippen molar-refractivity contribution in [1.82, 2.24) is 0 Å². The fourth-order valence-corrected chi connectivity index (χ4v) is 10.1. The molecule has 0 heterocycles. The van der Waals surface area contributed by atoms with Gasteiger partial charge in [0, 0.05) is 19.3 Å². The number of ether oxygens (including phenoxy) is 3. The summed E-state index contributed by atoms with van der Waals surface area (Å²) in [6.45, 7) is 6.64. The number of carbonyl (C=O) groups excluding carboxylic acids is 3. The van der Waals surface area contributed by atoms with Gasteiger partial charge in [-0.25, -0.2) is 0 Å². The van der Waals surface area contributed by atoms with Crippen LogP contribution in [0.3, 0.4) is 0 Å². The lowest BCUT2D eigenvalue weighted by Gasteiger charge is -2.18. The van der Waals surface area contributed by atoms with E-state index in [0.717, 1.165) is 77.0 Å². The number of carbonyl (C=O) groups is 3. The van der Waals surface area contributed by atoms with E-state index in [0.29, 0.717) is 19.3 Å². The van der Waals surface area contributed by atoms with Gasteiger partial charge in [-0.2, -0.15) is 0 Å². The molecule has 1 atom stereocenters. The lowest BCUT2D eigenvalue weighted by Crippen LogP contribution is -2.30. The first-order valence-electron chi connectivity index (χ1n) is 34.1. The normalized spacial score (nSPS) is 12.3. The van der Waals surface area contributed by atoms with E-state index < -0.39 is 6.10 Å². The first-order chi connectivity index (χ1) is 38.0. The maximum absolute atomic E-state index is 12.9. The predicted molar refractivity (Wildman–Crippen MR) is 335 cm³/mol. The summed E-state index contributed by atoms with van der Waals surface area (Å²) < 4.78 is 16.9. The minimum absolute atomic E-state index is 0.0757. The lowest BCUT2D eigenvalue weighted by atomic mass is 10.0. The van der Waals surface area contributed by atoms with Crippen LogP contribution in [0.25, 0.3) is 0 Å². The Morgan fingerprint density at radius 3 is 0.766 bits per heavy atom. The van der Waals surface area contributed by atoms with E-state index in [-0.39, 0.29) is 31.1 Å². The number of allylic oxidation sites excluding steroid dienone is 8. The summed E-state index contributed by atoms with van der Waals surface area (Å²) >= 11 is 0. The van der Waals surface area contributed by atoms with Crippen LogP contribution >= 0.6 is 0 Å². The van der Waals surface area contributed by atoms with Crippen LogP contribution in [-0.4, -0.2) is 37.2 Å². The monoisotopic (exact) mass is 1080 g/mol. The van der Waals surface area contributed by atoms with Gasteiger partial charge in [0.1, 0.15) is 13.2 Å². The van der Waals surface area contributed by atoms with E-state index in [2.05, 4.69) is 69.4 Å². The van der Waals surface area contributed by atoms with Gasteiger partial charge in [-0.15, -0.1) is 0 Å². The van der Waals surface area contributed by atoms with Crippen LogP contribution in [0.4, 0.5) is 0 Å². The van der Waals surface area contributed by atoms with Crippen LogP contribution in [0, 0.1) is 0 Å². The molecular formula is C71H130O6. The van der Waals surface area contributed by atoms with Crippen molar-refractivity contribution in [1.29, 1.82) is 0 Å². The standard InChI is InChI=1S/C71H130O6/c1-4-7-10-13-16-19-22-25-27-29-31-32-33-34-35-36-37-38-39-40-41-43-44-46-49-52-55-58-61-64-70(73)76-67-68(66-75-69(72)63-60-57-54-51-48-24-21-18-15-12-9-6-3)77-71(74)65-62-59-56-53-50-47-45-42-30-28-26-23-20-17-14-11-8-5-2/h18,20-21,23,28-31,68H,4-17,19,22,24-27,32-67H2,1-3H3/b21-18-,23-20-,30-28-,31-29-. The molecule has 1 unspecified atom stereocenters. The number of hydrogen-bond acceptors (Lipinski definition) is 6. The average molecular weight is 1080 g/mol. The number of esters is 3. The van der Waals surface area contributed by atoms with Crippen molar-refractivity contribution in [2.45, 2.75) is 374 Å². The van der Waals surface area contributed by atoms with Gasteiger partial charge in [-0.1, -0.05) is 294 Å². The lowest BCUT2D eigenvalue weighted by molar-refractivity contribution is -0.167. The van der Waals surface area contributed by atoms with Gasteiger partial charge in [-0.3, -0.25) is 14.4 Å². The van der Waals surface area contributed by atoms with Crippen molar-refractivity contribution >= 4 is 17.9 Å². The third kappa shape index (κ3) is 64.1. The first kappa shape index (κ1) is 74.4. The molecule has 0 fully saturated rings. The van der Waals surface area contributed by atoms with Gasteiger partial charge in [-0.05, 0) is 103 Å². The minimum Gasteiger partial charge on any atom is -0.462 e. The van der Waals surface area contributed by atoms with Gasteiger partial charge in [0.2, 0.25) is 0 Å². The summed E-state index contributed by atoms with van der Waals surface area (Å²) in [5, 5.41) is 0. The summed E-state index contributed by atoms with van der Waals surface area (Å²) in [4.78, 5) is 38.3. The maximum atomic E-state index is 12.9. The topological polar surface area (TPSA) is 78.9 Å². The zero-order valence-electron chi connectivity index (χ0n) is 51.7. The molecule has 0 aliphatic heterocycles. The Kier molecular flexibility index (Phi) is 63.6. The summed E-state index contributed by atoms with van der Waals surface area (Å²) in [7, 11) is 0. The van der Waals surface area contributed by atoms with Gasteiger partial charge in [0.05, 0.1) is 0 Å². The van der Waals surface area contributed by atoms with E-state index in [1.54, 1.807) is 0 Å². The predicted octanol–water partition coefficient (Wildman–Crippen LogP) is 23.3. The second-order valence-electron chi connectivity index (χ2n) is 23.1. The Balaban J connectivity index is 4.18. The Morgan fingerprint density at radius 1 is 0.260 bits per heavy atom. The molecule has 0 N–H and O–H groups in total. The highest BCUT2D eigenvalue weighted by atomic mass is 16.6. The van der Waals surface area contributed by atoms with Gasteiger partial charge < -0.3 is 14.2 Å². The van der Waals surface area contributed by atoms with E-state index in [1.807, 2.05) is 0 Å². The highest BCUT2D eigenvalue weighted by Crippen LogP contribution is 2.17. The molecule has 0 aromatic rings. The SMILES string of the molecule is CCCCC/C=C\CCCCCCCC(=O)OCC(COC(=O)CCCCCCCCCCCCCCCCCCC/C=C\CCCCCCCCCC)OC(=O)CCCCCCCCC/C=C\C/C=C\CCCCCC. The molecule has 0 aliphatic carbocycles. The second-order valence-corrected chi connectivity index (χ2v) is 23.1. The highest BCUT2D eigenvalue weighted by molar-refractivity contribution is 5.71. The fourth-order valence-electron chi connectivity index (χ4n) is 10.1.